The third kappa shape index (κ3) is 2.93. The highest BCUT2D eigenvalue weighted by Crippen LogP contribution is 2.28. The fraction of sp³-hybridized carbons (Fsp3) is 0.455. The molecule has 7 heteroatoms. The first-order chi connectivity index (χ1) is 8.72. The lowest BCUT2D eigenvalue weighted by Gasteiger charge is -2.21. The van der Waals surface area contributed by atoms with Crippen LogP contribution in [0.25, 0.3) is 0 Å². The largest absolute Gasteiger partial charge is 0.409 e. The zero-order valence-electron chi connectivity index (χ0n) is 9.86. The summed E-state index contributed by atoms with van der Waals surface area (Å²) in [6.07, 6.45) is 5.29. The predicted molar refractivity (Wildman–Crippen MR) is 64.1 cm³/mol. The summed E-state index contributed by atoms with van der Waals surface area (Å²) >= 11 is 0. The third-order valence-electron chi connectivity index (χ3n) is 2.82. The first kappa shape index (κ1) is 12.3. The molecule has 7 nitrogen and oxygen atoms in total. The van der Waals surface area contributed by atoms with Crippen LogP contribution in [0.5, 0.6) is 0 Å². The smallest absolute Gasteiger partial charge is 0.255 e. The lowest BCUT2D eigenvalue weighted by Crippen LogP contribution is -2.36. The minimum absolute atomic E-state index is 0.0851. The van der Waals surface area contributed by atoms with Crippen molar-refractivity contribution in [2.45, 2.75) is 25.3 Å². The number of nitrogens with two attached hydrogens (primary N) is 1. The van der Waals surface area contributed by atoms with Crippen LogP contribution >= 0.6 is 0 Å². The molecular formula is C11H15N5O2. The van der Waals surface area contributed by atoms with Crippen LogP contribution in [-0.2, 0) is 0 Å². The molecule has 1 aliphatic carbocycles. The molecule has 96 valence electrons. The summed E-state index contributed by atoms with van der Waals surface area (Å²) in [4.78, 5) is 14.0. The van der Waals surface area contributed by atoms with Gasteiger partial charge in [-0.25, -0.2) is 0 Å². The molecule has 18 heavy (non-hydrogen) atoms. The van der Waals surface area contributed by atoms with Gasteiger partial charge in [-0.2, -0.15) is 10.2 Å². The quantitative estimate of drug-likeness (QED) is 0.336. The predicted octanol–water partition coefficient (Wildman–Crippen LogP) is 0.218. The second kappa shape index (κ2) is 5.44. The Morgan fingerprint density at radius 3 is 2.89 bits per heavy atom. The Morgan fingerprint density at radius 2 is 2.33 bits per heavy atom. The zero-order valence-corrected chi connectivity index (χ0v) is 9.86. The Morgan fingerprint density at radius 1 is 1.56 bits per heavy atom. The molecule has 1 aromatic heterocycles. The minimum atomic E-state index is -0.0851. The van der Waals surface area contributed by atoms with Crippen molar-refractivity contribution in [1.82, 2.24) is 15.1 Å². The van der Waals surface area contributed by atoms with Gasteiger partial charge in [-0.3, -0.25) is 4.79 Å². The Hall–Kier alpha value is -2.18. The van der Waals surface area contributed by atoms with Crippen LogP contribution in [0.15, 0.2) is 23.6 Å². The van der Waals surface area contributed by atoms with E-state index in [0.29, 0.717) is 18.5 Å². The SMILES string of the molecule is N/C(CCN(C(=O)c1ccnnc1)C1CC1)=N/O. The van der Waals surface area contributed by atoms with E-state index in [4.69, 9.17) is 10.9 Å². The van der Waals surface area contributed by atoms with Crippen LogP contribution in [0.2, 0.25) is 0 Å². The Balaban J connectivity index is 2.04. The molecule has 0 radical (unpaired) electrons. The van der Waals surface area contributed by atoms with Crippen LogP contribution in [0.4, 0.5) is 0 Å². The molecule has 1 saturated carbocycles. The maximum absolute atomic E-state index is 12.2. The van der Waals surface area contributed by atoms with Gasteiger partial charge in [0.1, 0.15) is 5.84 Å². The number of carbonyl (C=O) groups is 1. The number of rotatable bonds is 5. The van der Waals surface area contributed by atoms with Crippen molar-refractivity contribution >= 4 is 11.7 Å². The number of hydrogen-bond acceptors (Lipinski definition) is 5. The summed E-state index contributed by atoms with van der Waals surface area (Å²) in [7, 11) is 0. The number of amides is 1. The number of nitrogens with zero attached hydrogens (tertiary/aromatic N) is 4. The highest BCUT2D eigenvalue weighted by Gasteiger charge is 2.32. The van der Waals surface area contributed by atoms with Gasteiger partial charge in [0.25, 0.3) is 5.91 Å². The van der Waals surface area contributed by atoms with Crippen molar-refractivity contribution in [1.29, 1.82) is 0 Å². The molecule has 0 bridgehead atoms. The van der Waals surface area contributed by atoms with Crippen molar-refractivity contribution in [2.75, 3.05) is 6.54 Å². The first-order valence-corrected chi connectivity index (χ1v) is 5.76. The molecule has 2 rings (SSSR count). The normalized spacial score (nSPS) is 15.4. The highest BCUT2D eigenvalue weighted by molar-refractivity contribution is 5.94. The lowest BCUT2D eigenvalue weighted by atomic mass is 10.2. The van der Waals surface area contributed by atoms with Gasteiger partial charge in [-0.15, -0.1) is 0 Å². The summed E-state index contributed by atoms with van der Waals surface area (Å²) in [6.45, 7) is 0.446. The van der Waals surface area contributed by atoms with Gasteiger partial charge < -0.3 is 15.8 Å². The molecule has 1 fully saturated rings. The summed E-state index contributed by atoms with van der Waals surface area (Å²) in [5.41, 5.74) is 5.93. The molecule has 0 unspecified atom stereocenters. The Labute approximate surface area is 104 Å². The molecule has 1 aliphatic rings. The number of hydrogen-bond donors (Lipinski definition) is 2. The van der Waals surface area contributed by atoms with Gasteiger partial charge in [0, 0.05) is 19.0 Å². The average molecular weight is 249 g/mol. The Bertz CT molecular complexity index is 444. The zero-order chi connectivity index (χ0) is 13.0. The van der Waals surface area contributed by atoms with Crippen molar-refractivity contribution in [3.05, 3.63) is 24.0 Å². The maximum Gasteiger partial charge on any atom is 0.255 e. The van der Waals surface area contributed by atoms with Crippen LogP contribution in [0, 0.1) is 0 Å². The van der Waals surface area contributed by atoms with E-state index in [1.165, 1.54) is 12.4 Å². The topological polar surface area (TPSA) is 105 Å². The van der Waals surface area contributed by atoms with Crippen molar-refractivity contribution in [2.24, 2.45) is 10.9 Å². The van der Waals surface area contributed by atoms with Gasteiger partial charge >= 0.3 is 0 Å². The van der Waals surface area contributed by atoms with E-state index < -0.39 is 0 Å². The molecule has 3 N–H and O–H groups in total. The third-order valence-corrected chi connectivity index (χ3v) is 2.82. The van der Waals surface area contributed by atoms with E-state index in [9.17, 15) is 4.79 Å². The summed E-state index contributed by atoms with van der Waals surface area (Å²) in [5.74, 6) is 0.0412. The molecule has 1 aromatic rings. The van der Waals surface area contributed by atoms with Gasteiger partial charge in [0.15, 0.2) is 0 Å². The maximum atomic E-state index is 12.2. The fourth-order valence-electron chi connectivity index (χ4n) is 1.70. The molecule has 1 amide bonds. The number of amidine groups is 1. The van der Waals surface area contributed by atoms with Gasteiger partial charge in [0.2, 0.25) is 0 Å². The average Bonchev–Trinajstić information content (AvgIpc) is 3.24. The van der Waals surface area contributed by atoms with Crippen LogP contribution < -0.4 is 5.73 Å². The first-order valence-electron chi connectivity index (χ1n) is 5.76. The van der Waals surface area contributed by atoms with Crippen molar-refractivity contribution in [3.8, 4) is 0 Å². The number of aromatic nitrogens is 2. The molecule has 0 spiro atoms. The molecule has 0 aromatic carbocycles. The van der Waals surface area contributed by atoms with E-state index in [0.717, 1.165) is 12.8 Å². The van der Waals surface area contributed by atoms with Gasteiger partial charge in [-0.1, -0.05) is 5.16 Å². The van der Waals surface area contributed by atoms with E-state index in [1.54, 1.807) is 11.0 Å². The molecular weight excluding hydrogens is 234 g/mol. The highest BCUT2D eigenvalue weighted by atomic mass is 16.4. The molecule has 1 heterocycles. The van der Waals surface area contributed by atoms with E-state index in [2.05, 4.69) is 15.4 Å². The van der Waals surface area contributed by atoms with Crippen LogP contribution in [0.3, 0.4) is 0 Å². The number of oxime groups is 1. The van der Waals surface area contributed by atoms with Gasteiger partial charge in [-0.05, 0) is 18.9 Å². The van der Waals surface area contributed by atoms with Crippen molar-refractivity contribution < 1.29 is 10.0 Å². The van der Waals surface area contributed by atoms with Gasteiger partial charge in [0.05, 0.1) is 18.0 Å². The summed E-state index contributed by atoms with van der Waals surface area (Å²) < 4.78 is 0. The van der Waals surface area contributed by atoms with Crippen LogP contribution in [-0.4, -0.2) is 44.6 Å². The second-order valence-electron chi connectivity index (χ2n) is 4.20. The molecule has 0 aliphatic heterocycles. The summed E-state index contributed by atoms with van der Waals surface area (Å²) in [6, 6.07) is 1.89. The standard InChI is InChI=1S/C11H15N5O2/c12-10(15-18)4-6-16(9-1-2-9)11(17)8-3-5-13-14-7-8/h3,5,7,9,18H,1-2,4,6H2,(H2,12,15). The Kier molecular flexibility index (Phi) is 3.71. The van der Waals surface area contributed by atoms with Crippen LogP contribution in [0.1, 0.15) is 29.6 Å². The summed E-state index contributed by atoms with van der Waals surface area (Å²) in [5, 5.41) is 18.7. The lowest BCUT2D eigenvalue weighted by molar-refractivity contribution is 0.0746. The number of carbonyl (C=O) groups excluding carboxylic acids is 1. The second-order valence-corrected chi connectivity index (χ2v) is 4.20. The molecule has 0 saturated heterocycles. The van der Waals surface area contributed by atoms with E-state index >= 15 is 0 Å². The molecule has 0 atom stereocenters. The monoisotopic (exact) mass is 249 g/mol. The van der Waals surface area contributed by atoms with E-state index in [-0.39, 0.29) is 17.8 Å². The fourth-order valence-corrected chi connectivity index (χ4v) is 1.70. The van der Waals surface area contributed by atoms with E-state index in [1.807, 2.05) is 0 Å². The van der Waals surface area contributed by atoms with Crippen molar-refractivity contribution in [3.63, 3.8) is 0 Å². The minimum Gasteiger partial charge on any atom is -0.409 e.